The lowest BCUT2D eigenvalue weighted by Gasteiger charge is -2.38. The number of aliphatic hydroxyl groups is 2. The number of rotatable bonds is 4. The van der Waals surface area contributed by atoms with Gasteiger partial charge in [0.2, 0.25) is 0 Å². The molecule has 0 spiro atoms. The molecule has 1 heterocycles. The summed E-state index contributed by atoms with van der Waals surface area (Å²) in [5.41, 5.74) is -0.877. The van der Waals surface area contributed by atoms with E-state index in [1.165, 1.54) is 0 Å². The molecule has 1 aromatic rings. The highest BCUT2D eigenvalue weighted by Crippen LogP contribution is 2.35. The van der Waals surface area contributed by atoms with Crippen molar-refractivity contribution in [2.75, 3.05) is 0 Å². The molecule has 0 saturated heterocycles. The molecule has 18 heavy (non-hydrogen) atoms. The van der Waals surface area contributed by atoms with E-state index in [9.17, 15) is 10.2 Å². The predicted octanol–water partition coefficient (Wildman–Crippen LogP) is 1.65. The Morgan fingerprint density at radius 1 is 1.50 bits per heavy atom. The number of hydrogen-bond donors (Lipinski definition) is 2. The molecule has 0 aromatic carbocycles. The van der Waals surface area contributed by atoms with E-state index < -0.39 is 11.7 Å². The second-order valence-corrected chi connectivity index (χ2v) is 5.79. The van der Waals surface area contributed by atoms with Gasteiger partial charge in [0.25, 0.3) is 0 Å². The summed E-state index contributed by atoms with van der Waals surface area (Å²) in [6.07, 6.45) is 7.77. The molecule has 1 atom stereocenters. The number of nitrogens with zero attached hydrogens (tertiary/aromatic N) is 2. The van der Waals surface area contributed by atoms with E-state index in [0.29, 0.717) is 18.8 Å². The van der Waals surface area contributed by atoms with Gasteiger partial charge in [-0.05, 0) is 38.0 Å². The zero-order chi connectivity index (χ0) is 13.2. The lowest BCUT2D eigenvalue weighted by Crippen LogP contribution is -2.45. The van der Waals surface area contributed by atoms with Crippen LogP contribution in [0.1, 0.15) is 44.9 Å². The maximum absolute atomic E-state index is 10.5. The molecule has 0 radical (unpaired) electrons. The van der Waals surface area contributed by atoms with Crippen molar-refractivity contribution >= 4 is 0 Å². The number of aromatic nitrogens is 2. The molecule has 0 bridgehead atoms. The lowest BCUT2D eigenvalue weighted by molar-refractivity contribution is -0.105. The molecule has 4 heteroatoms. The number of aryl methyl sites for hydroxylation is 2. The van der Waals surface area contributed by atoms with Crippen LogP contribution in [0.5, 0.6) is 0 Å². The van der Waals surface area contributed by atoms with Gasteiger partial charge in [-0.1, -0.05) is 6.92 Å². The molecule has 1 aromatic heterocycles. The molecule has 2 rings (SSSR count). The number of hydrogen-bond acceptors (Lipinski definition) is 3. The predicted molar refractivity (Wildman–Crippen MR) is 70.1 cm³/mol. The maximum Gasteiger partial charge on any atom is 0.108 e. The van der Waals surface area contributed by atoms with Gasteiger partial charge in [-0.2, -0.15) is 0 Å². The minimum Gasteiger partial charge on any atom is -0.390 e. The van der Waals surface area contributed by atoms with Crippen LogP contribution in [0.3, 0.4) is 0 Å². The van der Waals surface area contributed by atoms with Gasteiger partial charge in [-0.3, -0.25) is 0 Å². The minimum atomic E-state index is -0.877. The van der Waals surface area contributed by atoms with Crippen LogP contribution in [0.15, 0.2) is 12.4 Å². The third kappa shape index (κ3) is 2.93. The fourth-order valence-electron chi connectivity index (χ4n) is 2.77. The Bertz CT molecular complexity index is 381. The zero-order valence-corrected chi connectivity index (χ0v) is 11.3. The molecule has 2 N–H and O–H groups in total. The van der Waals surface area contributed by atoms with E-state index in [-0.39, 0.29) is 0 Å². The van der Waals surface area contributed by atoms with Gasteiger partial charge in [0.05, 0.1) is 11.7 Å². The second kappa shape index (κ2) is 5.41. The highest BCUT2D eigenvalue weighted by molar-refractivity contribution is 4.95. The van der Waals surface area contributed by atoms with Crippen LogP contribution < -0.4 is 0 Å². The standard InChI is InChI=1S/C14H24N2O2/c1-11-5-7-14(18,8-6-11)12(17)3-4-13-15-9-10-16(13)2/h9-12,17-18H,3-8H2,1-2H3. The summed E-state index contributed by atoms with van der Waals surface area (Å²) in [6, 6.07) is 0. The van der Waals surface area contributed by atoms with Crippen molar-refractivity contribution in [1.29, 1.82) is 0 Å². The maximum atomic E-state index is 10.5. The van der Waals surface area contributed by atoms with Crippen molar-refractivity contribution in [1.82, 2.24) is 9.55 Å². The van der Waals surface area contributed by atoms with Crippen LogP contribution in [0, 0.1) is 5.92 Å². The first-order valence-electron chi connectivity index (χ1n) is 6.88. The van der Waals surface area contributed by atoms with E-state index in [2.05, 4.69) is 11.9 Å². The molecule has 0 amide bonds. The fourth-order valence-corrected chi connectivity index (χ4v) is 2.77. The van der Waals surface area contributed by atoms with Gasteiger partial charge in [0, 0.05) is 25.9 Å². The Labute approximate surface area is 109 Å². The average Bonchev–Trinajstić information content (AvgIpc) is 2.76. The van der Waals surface area contributed by atoms with Gasteiger partial charge in [0.1, 0.15) is 5.82 Å². The van der Waals surface area contributed by atoms with Crippen molar-refractivity contribution in [2.45, 2.75) is 57.2 Å². The Morgan fingerprint density at radius 2 is 2.17 bits per heavy atom. The van der Waals surface area contributed by atoms with Gasteiger partial charge >= 0.3 is 0 Å². The lowest BCUT2D eigenvalue weighted by atomic mass is 9.75. The van der Waals surface area contributed by atoms with Gasteiger partial charge < -0.3 is 14.8 Å². The molecule has 1 unspecified atom stereocenters. The summed E-state index contributed by atoms with van der Waals surface area (Å²) in [7, 11) is 1.95. The van der Waals surface area contributed by atoms with Gasteiger partial charge in [0.15, 0.2) is 0 Å². The quantitative estimate of drug-likeness (QED) is 0.856. The molecular formula is C14H24N2O2. The van der Waals surface area contributed by atoms with Crippen LogP contribution in [0.2, 0.25) is 0 Å². The first-order valence-corrected chi connectivity index (χ1v) is 6.88. The largest absolute Gasteiger partial charge is 0.390 e. The molecule has 1 aliphatic carbocycles. The summed E-state index contributed by atoms with van der Waals surface area (Å²) in [4.78, 5) is 4.24. The van der Waals surface area contributed by atoms with Crippen LogP contribution in [-0.2, 0) is 13.5 Å². The van der Waals surface area contributed by atoms with Crippen LogP contribution in [-0.4, -0.2) is 31.5 Å². The zero-order valence-electron chi connectivity index (χ0n) is 11.3. The van der Waals surface area contributed by atoms with Crippen molar-refractivity contribution in [3.8, 4) is 0 Å². The van der Waals surface area contributed by atoms with Crippen LogP contribution >= 0.6 is 0 Å². The van der Waals surface area contributed by atoms with E-state index in [1.807, 2.05) is 17.8 Å². The molecule has 1 aliphatic rings. The molecule has 1 saturated carbocycles. The van der Waals surface area contributed by atoms with E-state index in [1.54, 1.807) is 6.20 Å². The summed E-state index contributed by atoms with van der Waals surface area (Å²) in [6.45, 7) is 2.21. The summed E-state index contributed by atoms with van der Waals surface area (Å²) >= 11 is 0. The average molecular weight is 252 g/mol. The van der Waals surface area contributed by atoms with E-state index in [4.69, 9.17) is 0 Å². The molecule has 0 aliphatic heterocycles. The topological polar surface area (TPSA) is 58.3 Å². The number of imidazole rings is 1. The summed E-state index contributed by atoms with van der Waals surface area (Å²) in [5, 5.41) is 20.7. The first kappa shape index (κ1) is 13.6. The highest BCUT2D eigenvalue weighted by atomic mass is 16.3. The highest BCUT2D eigenvalue weighted by Gasteiger charge is 2.38. The van der Waals surface area contributed by atoms with Crippen LogP contribution in [0.25, 0.3) is 0 Å². The Hall–Kier alpha value is -0.870. The second-order valence-electron chi connectivity index (χ2n) is 5.79. The van der Waals surface area contributed by atoms with Crippen LogP contribution in [0.4, 0.5) is 0 Å². The van der Waals surface area contributed by atoms with Crippen molar-refractivity contribution < 1.29 is 10.2 Å². The van der Waals surface area contributed by atoms with Crippen molar-refractivity contribution in [3.63, 3.8) is 0 Å². The fraction of sp³-hybridized carbons (Fsp3) is 0.786. The van der Waals surface area contributed by atoms with E-state index >= 15 is 0 Å². The third-order valence-corrected chi connectivity index (χ3v) is 4.32. The third-order valence-electron chi connectivity index (χ3n) is 4.32. The smallest absolute Gasteiger partial charge is 0.108 e. The molecule has 1 fully saturated rings. The normalized spacial score (nSPS) is 30.3. The monoisotopic (exact) mass is 252 g/mol. The Kier molecular flexibility index (Phi) is 4.07. The summed E-state index contributed by atoms with van der Waals surface area (Å²) in [5.74, 6) is 1.63. The Balaban J connectivity index is 1.87. The molecule has 102 valence electrons. The van der Waals surface area contributed by atoms with E-state index in [0.717, 1.165) is 31.5 Å². The first-order chi connectivity index (χ1) is 8.51. The minimum absolute atomic E-state index is 0.579. The SMILES string of the molecule is CC1CCC(O)(C(O)CCc2nccn2C)CC1. The van der Waals surface area contributed by atoms with Crippen molar-refractivity contribution in [2.24, 2.45) is 13.0 Å². The van der Waals surface area contributed by atoms with Crippen molar-refractivity contribution in [3.05, 3.63) is 18.2 Å². The van der Waals surface area contributed by atoms with Gasteiger partial charge in [-0.15, -0.1) is 0 Å². The molecular weight excluding hydrogens is 228 g/mol. The van der Waals surface area contributed by atoms with Gasteiger partial charge in [-0.25, -0.2) is 4.98 Å². The molecule has 4 nitrogen and oxygen atoms in total. The summed E-state index contributed by atoms with van der Waals surface area (Å²) < 4.78 is 1.96. The number of aliphatic hydroxyl groups excluding tert-OH is 1. The Morgan fingerprint density at radius 3 is 2.72 bits per heavy atom.